The summed E-state index contributed by atoms with van der Waals surface area (Å²) in [5.41, 5.74) is 3.18. The van der Waals surface area contributed by atoms with Crippen LogP contribution >= 0.6 is 22.6 Å². The molecule has 7 heteroatoms. The summed E-state index contributed by atoms with van der Waals surface area (Å²) in [6, 6.07) is 11.3. The van der Waals surface area contributed by atoms with Gasteiger partial charge in [-0.25, -0.2) is 4.79 Å². The van der Waals surface area contributed by atoms with E-state index < -0.39 is 6.03 Å². The molecule has 1 N–H and O–H groups in total. The van der Waals surface area contributed by atoms with Crippen LogP contribution in [0, 0.1) is 10.5 Å². The highest BCUT2D eigenvalue weighted by atomic mass is 127. The predicted molar refractivity (Wildman–Crippen MR) is 120 cm³/mol. The number of halogens is 1. The van der Waals surface area contributed by atoms with Crippen LogP contribution in [0.15, 0.2) is 54.8 Å². The van der Waals surface area contributed by atoms with E-state index in [0.717, 1.165) is 19.6 Å². The van der Waals surface area contributed by atoms with Gasteiger partial charge in [-0.05, 0) is 58.9 Å². The van der Waals surface area contributed by atoms with Crippen LogP contribution in [0.25, 0.3) is 6.08 Å². The number of carbonyl (C=O) groups is 2. The second-order valence-electron chi connectivity index (χ2n) is 6.50. The molecule has 0 saturated carbocycles. The van der Waals surface area contributed by atoms with Crippen LogP contribution in [0.4, 0.5) is 4.79 Å². The molecule has 2 aromatic rings. The fourth-order valence-electron chi connectivity index (χ4n) is 2.84. The summed E-state index contributed by atoms with van der Waals surface area (Å²) in [6.45, 7) is 6.18. The number of rotatable bonds is 7. The number of imide groups is 1. The number of ether oxygens (including phenoxy) is 2. The summed E-state index contributed by atoms with van der Waals surface area (Å²) < 4.78 is 12.3. The van der Waals surface area contributed by atoms with Crippen LogP contribution in [-0.2, 0) is 11.4 Å². The van der Waals surface area contributed by atoms with Crippen molar-refractivity contribution < 1.29 is 19.1 Å². The lowest BCUT2D eigenvalue weighted by atomic mass is 10.1. The molecule has 29 heavy (non-hydrogen) atoms. The van der Waals surface area contributed by atoms with Gasteiger partial charge in [-0.1, -0.05) is 35.9 Å². The van der Waals surface area contributed by atoms with Crippen molar-refractivity contribution >= 4 is 40.6 Å². The standard InChI is InChI=1S/C22H21IN2O4/c1-4-9-25-21(26)18(24-22(25)27)11-16-10-17(23)20(19(12-16)28-3)29-13-15-7-5-14(2)6-8-15/h4-8,10-12H,1,9,13H2,2-3H3,(H,24,27)/b18-11+. The zero-order chi connectivity index (χ0) is 21.0. The number of benzene rings is 2. The Balaban J connectivity index is 1.83. The van der Waals surface area contributed by atoms with E-state index in [1.54, 1.807) is 19.3 Å². The summed E-state index contributed by atoms with van der Waals surface area (Å²) >= 11 is 2.17. The molecule has 0 aliphatic carbocycles. The van der Waals surface area contributed by atoms with E-state index in [1.165, 1.54) is 11.6 Å². The largest absolute Gasteiger partial charge is 0.493 e. The van der Waals surface area contributed by atoms with Gasteiger partial charge in [-0.15, -0.1) is 6.58 Å². The Morgan fingerprint density at radius 1 is 1.21 bits per heavy atom. The SMILES string of the molecule is C=CCN1C(=O)N/C(=C/c2cc(I)c(OCc3ccc(C)cc3)c(OC)c2)C1=O. The molecule has 1 heterocycles. The zero-order valence-corrected chi connectivity index (χ0v) is 18.4. The molecule has 0 unspecified atom stereocenters. The smallest absolute Gasteiger partial charge is 0.329 e. The number of urea groups is 1. The molecule has 0 radical (unpaired) electrons. The number of nitrogens with one attached hydrogen (secondary N) is 1. The summed E-state index contributed by atoms with van der Waals surface area (Å²) in [7, 11) is 1.56. The highest BCUT2D eigenvalue weighted by Gasteiger charge is 2.32. The lowest BCUT2D eigenvalue weighted by molar-refractivity contribution is -0.122. The van der Waals surface area contributed by atoms with Gasteiger partial charge in [-0.3, -0.25) is 9.69 Å². The molecule has 3 rings (SSSR count). The van der Waals surface area contributed by atoms with Crippen molar-refractivity contribution in [2.75, 3.05) is 13.7 Å². The number of hydrogen-bond donors (Lipinski definition) is 1. The number of amides is 3. The van der Waals surface area contributed by atoms with Gasteiger partial charge in [0.05, 0.1) is 10.7 Å². The molecule has 150 valence electrons. The molecule has 0 atom stereocenters. The van der Waals surface area contributed by atoms with Gasteiger partial charge < -0.3 is 14.8 Å². The van der Waals surface area contributed by atoms with E-state index in [9.17, 15) is 9.59 Å². The second-order valence-corrected chi connectivity index (χ2v) is 7.66. The number of nitrogens with zero attached hydrogens (tertiary/aromatic N) is 1. The van der Waals surface area contributed by atoms with E-state index in [-0.39, 0.29) is 18.1 Å². The summed E-state index contributed by atoms with van der Waals surface area (Å²) in [4.78, 5) is 25.4. The average Bonchev–Trinajstić information content (AvgIpc) is 2.96. The lowest BCUT2D eigenvalue weighted by Gasteiger charge is -2.14. The van der Waals surface area contributed by atoms with Gasteiger partial charge in [0.25, 0.3) is 5.91 Å². The minimum absolute atomic E-state index is 0.161. The summed E-state index contributed by atoms with van der Waals surface area (Å²) in [6.07, 6.45) is 3.13. The third kappa shape index (κ3) is 4.79. The average molecular weight is 504 g/mol. The first-order valence-electron chi connectivity index (χ1n) is 8.94. The Morgan fingerprint density at radius 3 is 2.59 bits per heavy atom. The monoisotopic (exact) mass is 504 g/mol. The Labute approximate surface area is 183 Å². The Bertz CT molecular complexity index is 983. The lowest BCUT2D eigenvalue weighted by Crippen LogP contribution is -2.30. The number of aryl methyl sites for hydroxylation is 1. The maximum atomic E-state index is 12.4. The molecule has 3 amide bonds. The number of methoxy groups -OCH3 is 1. The highest BCUT2D eigenvalue weighted by Crippen LogP contribution is 2.35. The van der Waals surface area contributed by atoms with Crippen LogP contribution < -0.4 is 14.8 Å². The zero-order valence-electron chi connectivity index (χ0n) is 16.2. The number of carbonyl (C=O) groups excluding carboxylic acids is 2. The fraction of sp³-hybridized carbons (Fsp3) is 0.182. The van der Waals surface area contributed by atoms with E-state index >= 15 is 0 Å². The van der Waals surface area contributed by atoms with Gasteiger partial charge in [0.15, 0.2) is 11.5 Å². The third-order valence-electron chi connectivity index (χ3n) is 4.34. The Morgan fingerprint density at radius 2 is 1.93 bits per heavy atom. The normalized spacial score (nSPS) is 14.9. The topological polar surface area (TPSA) is 67.9 Å². The van der Waals surface area contributed by atoms with Crippen LogP contribution in [0.5, 0.6) is 11.5 Å². The quantitative estimate of drug-likeness (QED) is 0.265. The molecular weight excluding hydrogens is 483 g/mol. The molecule has 0 spiro atoms. The molecule has 1 fully saturated rings. The maximum absolute atomic E-state index is 12.4. The molecule has 2 aromatic carbocycles. The summed E-state index contributed by atoms with van der Waals surface area (Å²) in [5.74, 6) is 0.796. The molecule has 1 aliphatic rings. The van der Waals surface area contributed by atoms with E-state index in [2.05, 4.69) is 34.5 Å². The molecule has 0 bridgehead atoms. The van der Waals surface area contributed by atoms with Crippen molar-refractivity contribution in [2.45, 2.75) is 13.5 Å². The molecular formula is C22H21IN2O4. The van der Waals surface area contributed by atoms with E-state index in [1.807, 2.05) is 37.3 Å². The van der Waals surface area contributed by atoms with Crippen molar-refractivity contribution in [3.63, 3.8) is 0 Å². The first-order chi connectivity index (χ1) is 13.9. The molecule has 1 aliphatic heterocycles. The van der Waals surface area contributed by atoms with Gasteiger partial charge in [0, 0.05) is 6.54 Å². The van der Waals surface area contributed by atoms with Gasteiger partial charge in [0.1, 0.15) is 12.3 Å². The van der Waals surface area contributed by atoms with Crippen molar-refractivity contribution in [3.8, 4) is 11.5 Å². The predicted octanol–water partition coefficient (Wildman–Crippen LogP) is 4.27. The van der Waals surface area contributed by atoms with Crippen LogP contribution in [0.2, 0.25) is 0 Å². The maximum Gasteiger partial charge on any atom is 0.329 e. The molecule has 0 aromatic heterocycles. The highest BCUT2D eigenvalue weighted by molar-refractivity contribution is 14.1. The molecule has 6 nitrogen and oxygen atoms in total. The fourth-order valence-corrected chi connectivity index (χ4v) is 3.62. The van der Waals surface area contributed by atoms with Gasteiger partial charge in [0.2, 0.25) is 0 Å². The summed E-state index contributed by atoms with van der Waals surface area (Å²) in [5, 5.41) is 2.59. The van der Waals surface area contributed by atoms with Gasteiger partial charge >= 0.3 is 6.03 Å². The first-order valence-corrected chi connectivity index (χ1v) is 10.0. The van der Waals surface area contributed by atoms with Crippen molar-refractivity contribution in [1.29, 1.82) is 0 Å². The Hall–Kier alpha value is -2.81. The van der Waals surface area contributed by atoms with Crippen LogP contribution in [0.1, 0.15) is 16.7 Å². The molecule has 1 saturated heterocycles. The van der Waals surface area contributed by atoms with Crippen molar-refractivity contribution in [3.05, 3.63) is 75.0 Å². The Kier molecular flexibility index (Phi) is 6.58. The van der Waals surface area contributed by atoms with Crippen molar-refractivity contribution in [2.24, 2.45) is 0 Å². The minimum atomic E-state index is -0.458. The minimum Gasteiger partial charge on any atom is -0.493 e. The van der Waals surface area contributed by atoms with Gasteiger partial charge in [-0.2, -0.15) is 0 Å². The second kappa shape index (κ2) is 9.13. The number of hydrogen-bond acceptors (Lipinski definition) is 4. The third-order valence-corrected chi connectivity index (χ3v) is 5.14. The van der Waals surface area contributed by atoms with Crippen molar-refractivity contribution in [1.82, 2.24) is 10.2 Å². The first kappa shape index (κ1) is 20.9. The van der Waals surface area contributed by atoms with Crippen LogP contribution in [0.3, 0.4) is 0 Å². The van der Waals surface area contributed by atoms with Crippen LogP contribution in [-0.4, -0.2) is 30.5 Å². The van der Waals surface area contributed by atoms with E-state index in [0.29, 0.717) is 18.1 Å². The van der Waals surface area contributed by atoms with E-state index in [4.69, 9.17) is 9.47 Å².